The fraction of sp³-hybridized carbons (Fsp3) is 0.273. The van der Waals surface area contributed by atoms with Crippen LogP contribution in [0.25, 0.3) is 0 Å². The minimum atomic E-state index is -3.71. The van der Waals surface area contributed by atoms with Crippen molar-refractivity contribution in [3.05, 3.63) is 77.6 Å². The molecule has 2 aromatic carbocycles. The number of rotatable bonds is 5. The van der Waals surface area contributed by atoms with Gasteiger partial charge in [-0.2, -0.15) is 4.31 Å². The summed E-state index contributed by atoms with van der Waals surface area (Å²) in [6.07, 6.45) is 1.99. The van der Waals surface area contributed by atoms with E-state index in [1.54, 1.807) is 36.7 Å². The summed E-state index contributed by atoms with van der Waals surface area (Å²) in [5.74, 6) is 1.41. The number of methoxy groups -OCH3 is 2. The molecule has 0 unspecified atom stereocenters. The van der Waals surface area contributed by atoms with Crippen molar-refractivity contribution in [3.63, 3.8) is 0 Å². The molecule has 0 bridgehead atoms. The molecule has 1 atom stereocenters. The molecule has 1 aromatic heterocycles. The number of benzene rings is 2. The quantitative estimate of drug-likeness (QED) is 0.642. The van der Waals surface area contributed by atoms with Gasteiger partial charge in [-0.05, 0) is 60.5 Å². The van der Waals surface area contributed by atoms with E-state index < -0.39 is 16.1 Å². The molecular weight excluding hydrogens is 388 g/mol. The molecule has 152 valence electrons. The molecule has 6 nitrogen and oxygen atoms in total. The molecule has 0 aliphatic carbocycles. The number of nitrogens with zero attached hydrogens (tertiary/aromatic N) is 2. The summed E-state index contributed by atoms with van der Waals surface area (Å²) in [4.78, 5) is 0.273. The van der Waals surface area contributed by atoms with Crippen LogP contribution in [0.2, 0.25) is 0 Å². The van der Waals surface area contributed by atoms with Crippen LogP contribution in [0.5, 0.6) is 11.5 Å². The zero-order chi connectivity index (χ0) is 20.6. The molecule has 1 aliphatic rings. The molecule has 1 aliphatic heterocycles. The third kappa shape index (κ3) is 3.41. The van der Waals surface area contributed by atoms with Crippen LogP contribution >= 0.6 is 0 Å². The molecule has 3 aromatic rings. The molecule has 4 rings (SSSR count). The number of fused-ring (bicyclic) bond motifs is 1. The van der Waals surface area contributed by atoms with Crippen molar-refractivity contribution < 1.29 is 17.9 Å². The average Bonchev–Trinajstić information content (AvgIpc) is 3.22. The van der Waals surface area contributed by atoms with E-state index in [2.05, 4.69) is 4.57 Å². The van der Waals surface area contributed by atoms with Crippen molar-refractivity contribution in [3.8, 4) is 11.5 Å². The average molecular weight is 413 g/mol. The molecule has 7 heteroatoms. The van der Waals surface area contributed by atoms with Crippen LogP contribution in [-0.2, 0) is 16.6 Å². The largest absolute Gasteiger partial charge is 0.497 e. The van der Waals surface area contributed by atoms with Crippen molar-refractivity contribution in [2.24, 2.45) is 0 Å². The zero-order valence-electron chi connectivity index (χ0n) is 16.7. The first kappa shape index (κ1) is 19.5. The molecule has 0 saturated carbocycles. The lowest BCUT2D eigenvalue weighted by Gasteiger charge is -2.36. The van der Waals surface area contributed by atoms with Gasteiger partial charge in [0.2, 0.25) is 10.0 Å². The number of hydrogen-bond donors (Lipinski definition) is 0. The van der Waals surface area contributed by atoms with E-state index in [0.717, 1.165) is 22.6 Å². The van der Waals surface area contributed by atoms with Crippen molar-refractivity contribution in [1.29, 1.82) is 0 Å². The smallest absolute Gasteiger partial charge is 0.244 e. The van der Waals surface area contributed by atoms with Crippen LogP contribution in [0, 0.1) is 6.92 Å². The van der Waals surface area contributed by atoms with Gasteiger partial charge in [0.25, 0.3) is 0 Å². The summed E-state index contributed by atoms with van der Waals surface area (Å²) in [6.45, 7) is 2.86. The van der Waals surface area contributed by atoms with Gasteiger partial charge in [-0.25, -0.2) is 8.42 Å². The van der Waals surface area contributed by atoms with Crippen LogP contribution in [0.1, 0.15) is 22.9 Å². The van der Waals surface area contributed by atoms with Gasteiger partial charge in [-0.1, -0.05) is 12.1 Å². The third-order valence-corrected chi connectivity index (χ3v) is 7.26. The standard InChI is InChI=1S/C22H24N2O4S/c1-16-15-19(10-11-21(16)28-3)29(25,26)24-14-13-23-12-4-5-20(23)22(24)17-6-8-18(27-2)9-7-17/h4-12,15,22H,13-14H2,1-3H3/t22-/m1/s1. The molecule has 0 amide bonds. The highest BCUT2D eigenvalue weighted by Gasteiger charge is 2.37. The van der Waals surface area contributed by atoms with Crippen molar-refractivity contribution in [2.45, 2.75) is 24.4 Å². The lowest BCUT2D eigenvalue weighted by atomic mass is 10.0. The van der Waals surface area contributed by atoms with Crippen LogP contribution < -0.4 is 9.47 Å². The van der Waals surface area contributed by atoms with Gasteiger partial charge in [0.05, 0.1) is 25.2 Å². The molecule has 29 heavy (non-hydrogen) atoms. The van der Waals surface area contributed by atoms with Crippen molar-refractivity contribution in [1.82, 2.24) is 8.87 Å². The summed E-state index contributed by atoms with van der Waals surface area (Å²) < 4.78 is 41.5. The van der Waals surface area contributed by atoms with Crippen LogP contribution in [0.3, 0.4) is 0 Å². The second kappa shape index (κ2) is 7.57. The number of aromatic nitrogens is 1. The lowest BCUT2D eigenvalue weighted by molar-refractivity contribution is 0.298. The molecule has 0 fully saturated rings. The third-order valence-electron chi connectivity index (χ3n) is 5.40. The van der Waals surface area contributed by atoms with E-state index >= 15 is 0 Å². The summed E-state index contributed by atoms with van der Waals surface area (Å²) in [7, 11) is -0.517. The second-order valence-electron chi connectivity index (χ2n) is 7.05. The SMILES string of the molecule is COc1ccc([C@@H]2c3cccn3CCN2S(=O)(=O)c2ccc(OC)c(C)c2)cc1. The van der Waals surface area contributed by atoms with Crippen molar-refractivity contribution in [2.75, 3.05) is 20.8 Å². The highest BCUT2D eigenvalue weighted by molar-refractivity contribution is 7.89. The summed E-state index contributed by atoms with van der Waals surface area (Å²) in [6, 6.07) is 16.1. The number of ether oxygens (including phenoxy) is 2. The van der Waals surface area contributed by atoms with E-state index in [1.165, 1.54) is 0 Å². The van der Waals surface area contributed by atoms with Gasteiger partial charge < -0.3 is 14.0 Å². The first-order chi connectivity index (χ1) is 14.0. The minimum absolute atomic E-state index is 0.273. The molecule has 0 N–H and O–H groups in total. The maximum atomic E-state index is 13.6. The van der Waals surface area contributed by atoms with Gasteiger partial charge in [-0.15, -0.1) is 0 Å². The summed E-state index contributed by atoms with van der Waals surface area (Å²) in [5.41, 5.74) is 2.64. The fourth-order valence-electron chi connectivity index (χ4n) is 3.89. The first-order valence-electron chi connectivity index (χ1n) is 9.41. The number of aryl methyl sites for hydroxylation is 1. The Balaban J connectivity index is 1.81. The van der Waals surface area contributed by atoms with Gasteiger partial charge in [-0.3, -0.25) is 0 Å². The van der Waals surface area contributed by atoms with Crippen LogP contribution in [0.4, 0.5) is 0 Å². The van der Waals surface area contributed by atoms with Crippen molar-refractivity contribution >= 4 is 10.0 Å². The molecular formula is C22H24N2O4S. The topological polar surface area (TPSA) is 60.8 Å². The van der Waals surface area contributed by atoms with E-state index in [9.17, 15) is 8.42 Å². The fourth-order valence-corrected chi connectivity index (χ4v) is 5.56. The van der Waals surface area contributed by atoms with Crippen LogP contribution in [-0.4, -0.2) is 38.1 Å². The molecule has 0 spiro atoms. The van der Waals surface area contributed by atoms with E-state index in [-0.39, 0.29) is 4.90 Å². The normalized spacial score (nSPS) is 17.0. The minimum Gasteiger partial charge on any atom is -0.497 e. The Kier molecular flexibility index (Phi) is 5.10. The highest BCUT2D eigenvalue weighted by atomic mass is 32.2. The van der Waals surface area contributed by atoms with E-state index in [1.807, 2.05) is 49.5 Å². The molecule has 0 saturated heterocycles. The maximum absolute atomic E-state index is 13.6. The Hall–Kier alpha value is -2.77. The van der Waals surface area contributed by atoms with Gasteiger partial charge >= 0.3 is 0 Å². The monoisotopic (exact) mass is 412 g/mol. The van der Waals surface area contributed by atoms with Gasteiger partial charge in [0.15, 0.2) is 0 Å². The van der Waals surface area contributed by atoms with Crippen LogP contribution in [0.15, 0.2) is 65.7 Å². The Morgan fingerprint density at radius 2 is 1.72 bits per heavy atom. The lowest BCUT2D eigenvalue weighted by Crippen LogP contribution is -2.42. The Morgan fingerprint density at radius 3 is 2.38 bits per heavy atom. The molecule has 0 radical (unpaired) electrons. The summed E-state index contributed by atoms with van der Waals surface area (Å²) >= 11 is 0. The second-order valence-corrected chi connectivity index (χ2v) is 8.94. The number of sulfonamides is 1. The molecule has 2 heterocycles. The van der Waals surface area contributed by atoms with Gasteiger partial charge in [0, 0.05) is 25.0 Å². The van der Waals surface area contributed by atoms with E-state index in [4.69, 9.17) is 9.47 Å². The predicted molar refractivity (Wildman–Crippen MR) is 111 cm³/mol. The zero-order valence-corrected chi connectivity index (χ0v) is 17.5. The Labute approximate surface area is 171 Å². The van der Waals surface area contributed by atoms with Gasteiger partial charge in [0.1, 0.15) is 11.5 Å². The van der Waals surface area contributed by atoms with E-state index in [0.29, 0.717) is 18.8 Å². The Bertz CT molecular complexity index is 1120. The predicted octanol–water partition coefficient (Wildman–Crippen LogP) is 3.61. The first-order valence-corrected chi connectivity index (χ1v) is 10.8. The maximum Gasteiger partial charge on any atom is 0.244 e. The Morgan fingerprint density at radius 1 is 0.966 bits per heavy atom. The highest BCUT2D eigenvalue weighted by Crippen LogP contribution is 2.37. The summed E-state index contributed by atoms with van der Waals surface area (Å²) in [5, 5.41) is 0. The number of hydrogen-bond acceptors (Lipinski definition) is 4.